The first-order chi connectivity index (χ1) is 19.6. The van der Waals surface area contributed by atoms with Crippen molar-refractivity contribution >= 4 is 16.8 Å². The van der Waals surface area contributed by atoms with Crippen LogP contribution >= 0.6 is 0 Å². The van der Waals surface area contributed by atoms with Crippen molar-refractivity contribution in [1.29, 1.82) is 0 Å². The van der Waals surface area contributed by atoms with Gasteiger partial charge in [0.05, 0.1) is 6.04 Å². The third-order valence-corrected chi connectivity index (χ3v) is 7.72. The number of aromatic nitrogens is 3. The maximum atomic E-state index is 13.3. The normalized spacial score (nSPS) is 13.0. The van der Waals surface area contributed by atoms with E-state index in [2.05, 4.69) is 76.5 Å². The molecule has 0 aliphatic heterocycles. The summed E-state index contributed by atoms with van der Waals surface area (Å²) >= 11 is 0. The second-order valence-corrected chi connectivity index (χ2v) is 10.9. The number of fused-ring (bicyclic) bond motifs is 1. The van der Waals surface area contributed by atoms with Gasteiger partial charge in [0.2, 0.25) is 0 Å². The number of hydrogen-bond donors (Lipinski definition) is 2. The van der Waals surface area contributed by atoms with E-state index in [1.54, 1.807) is 6.92 Å². The van der Waals surface area contributed by atoms with Crippen LogP contribution in [0.3, 0.4) is 0 Å². The van der Waals surface area contributed by atoms with E-state index >= 15 is 0 Å². The van der Waals surface area contributed by atoms with E-state index in [4.69, 9.17) is 4.74 Å². The van der Waals surface area contributed by atoms with Crippen molar-refractivity contribution < 1.29 is 14.1 Å². The van der Waals surface area contributed by atoms with E-state index in [0.29, 0.717) is 29.6 Å². The number of amides is 1. The van der Waals surface area contributed by atoms with Crippen molar-refractivity contribution in [2.24, 2.45) is 0 Å². The van der Waals surface area contributed by atoms with Crippen molar-refractivity contribution in [3.63, 3.8) is 0 Å². The van der Waals surface area contributed by atoms with Crippen LogP contribution in [0.4, 0.5) is 0 Å². The van der Waals surface area contributed by atoms with Gasteiger partial charge < -0.3 is 14.6 Å². The molecular formula is C33H36N4O4. The second-order valence-electron chi connectivity index (χ2n) is 10.9. The molecule has 2 heterocycles. The van der Waals surface area contributed by atoms with E-state index in [9.17, 15) is 9.59 Å². The Hall–Kier alpha value is -4.59. The molecule has 0 saturated carbocycles. The summed E-state index contributed by atoms with van der Waals surface area (Å²) in [5.74, 6) is 0.728. The molecule has 2 N–H and O–H groups in total. The van der Waals surface area contributed by atoms with Crippen LogP contribution in [-0.2, 0) is 6.54 Å². The van der Waals surface area contributed by atoms with Crippen LogP contribution in [-0.4, -0.2) is 20.6 Å². The summed E-state index contributed by atoms with van der Waals surface area (Å²) in [6.45, 7) is 13.0. The molecular weight excluding hydrogens is 516 g/mol. The van der Waals surface area contributed by atoms with E-state index in [1.165, 1.54) is 5.56 Å². The number of H-pyrrole nitrogens is 1. The lowest BCUT2D eigenvalue weighted by Gasteiger charge is -2.17. The highest BCUT2D eigenvalue weighted by atomic mass is 16.5. The molecule has 0 saturated heterocycles. The summed E-state index contributed by atoms with van der Waals surface area (Å²) in [5.41, 5.74) is 7.39. The summed E-state index contributed by atoms with van der Waals surface area (Å²) in [4.78, 5) is 27.1. The molecule has 212 valence electrons. The van der Waals surface area contributed by atoms with Gasteiger partial charge in [0.1, 0.15) is 5.75 Å². The Morgan fingerprint density at radius 1 is 1.00 bits per heavy atom. The van der Waals surface area contributed by atoms with Gasteiger partial charge in [-0.25, -0.2) is 4.79 Å². The van der Waals surface area contributed by atoms with Gasteiger partial charge >= 0.3 is 5.76 Å². The topological polar surface area (TPSA) is 102 Å². The minimum absolute atomic E-state index is 0.0911. The second kappa shape index (κ2) is 11.5. The molecule has 2 aromatic heterocycles. The van der Waals surface area contributed by atoms with Gasteiger partial charge in [0.25, 0.3) is 5.91 Å². The van der Waals surface area contributed by atoms with Crippen LogP contribution in [0.5, 0.6) is 5.75 Å². The highest BCUT2D eigenvalue weighted by Gasteiger charge is 2.17. The Balaban J connectivity index is 1.34. The first-order valence-corrected chi connectivity index (χ1v) is 13.9. The number of carbonyl (C=O) groups is 1. The summed E-state index contributed by atoms with van der Waals surface area (Å²) in [6.07, 6.45) is -0.473. The van der Waals surface area contributed by atoms with Crippen molar-refractivity contribution in [1.82, 2.24) is 20.0 Å². The van der Waals surface area contributed by atoms with E-state index < -0.39 is 11.9 Å². The predicted octanol–water partition coefficient (Wildman–Crippen LogP) is 6.74. The van der Waals surface area contributed by atoms with Gasteiger partial charge in [-0.15, -0.1) is 0 Å². The number of aryl methyl sites for hydroxylation is 1. The highest BCUT2D eigenvalue weighted by molar-refractivity contribution is 5.99. The van der Waals surface area contributed by atoms with Crippen molar-refractivity contribution in [2.75, 3.05) is 0 Å². The fourth-order valence-corrected chi connectivity index (χ4v) is 5.12. The lowest BCUT2D eigenvalue weighted by molar-refractivity contribution is 0.0940. The monoisotopic (exact) mass is 552 g/mol. The van der Waals surface area contributed by atoms with Gasteiger partial charge in [-0.3, -0.25) is 14.3 Å². The van der Waals surface area contributed by atoms with Gasteiger partial charge in [0, 0.05) is 28.7 Å². The maximum Gasteiger partial charge on any atom is 0.439 e. The molecule has 0 spiro atoms. The molecule has 2 atom stereocenters. The van der Waals surface area contributed by atoms with E-state index in [1.807, 2.05) is 49.4 Å². The minimum Gasteiger partial charge on any atom is -0.483 e. The van der Waals surface area contributed by atoms with Gasteiger partial charge in [-0.1, -0.05) is 55.4 Å². The zero-order valence-electron chi connectivity index (χ0n) is 24.3. The number of nitrogens with zero attached hydrogens (tertiary/aromatic N) is 2. The molecule has 5 aromatic rings. The Labute approximate surface area is 239 Å². The number of benzene rings is 3. The summed E-state index contributed by atoms with van der Waals surface area (Å²) < 4.78 is 12.8. The molecule has 1 amide bonds. The van der Waals surface area contributed by atoms with E-state index in [-0.39, 0.29) is 11.9 Å². The number of hydrogen-bond acceptors (Lipinski definition) is 5. The summed E-state index contributed by atoms with van der Waals surface area (Å²) in [6, 6.07) is 22.0. The summed E-state index contributed by atoms with van der Waals surface area (Å²) in [5, 5.41) is 7.94. The number of ether oxygens (including phenoxy) is 1. The van der Waals surface area contributed by atoms with Crippen LogP contribution in [0, 0.1) is 13.8 Å². The molecule has 3 aromatic carbocycles. The SMILES string of the molecule is Cc1c(C)n(Cc2cccc(O[C@@H](C)c3noc(=O)[nH]3)c2)c2ccc(C(=O)N[C@@H](C)c3cccc(C(C)C)c3)cc12. The maximum absolute atomic E-state index is 13.3. The molecule has 0 aliphatic carbocycles. The molecule has 0 unspecified atom stereocenters. The van der Waals surface area contributed by atoms with Crippen molar-refractivity contribution in [3.05, 3.63) is 117 Å². The zero-order valence-corrected chi connectivity index (χ0v) is 24.3. The molecule has 0 radical (unpaired) electrons. The number of carbonyl (C=O) groups excluding carboxylic acids is 1. The Morgan fingerprint density at radius 2 is 1.76 bits per heavy atom. The fraction of sp³-hybridized carbons (Fsp3) is 0.303. The smallest absolute Gasteiger partial charge is 0.439 e. The van der Waals surface area contributed by atoms with Crippen LogP contribution in [0.2, 0.25) is 0 Å². The minimum atomic E-state index is -0.610. The third-order valence-electron chi connectivity index (χ3n) is 7.72. The molecule has 8 heteroatoms. The largest absolute Gasteiger partial charge is 0.483 e. The Bertz CT molecular complexity index is 1760. The number of aromatic amines is 1. The Morgan fingerprint density at radius 3 is 2.49 bits per heavy atom. The first kappa shape index (κ1) is 28.0. The molecule has 5 rings (SSSR count). The molecule has 0 aliphatic rings. The van der Waals surface area contributed by atoms with Gasteiger partial charge in [-0.2, -0.15) is 0 Å². The predicted molar refractivity (Wildman–Crippen MR) is 160 cm³/mol. The molecule has 8 nitrogen and oxygen atoms in total. The number of rotatable bonds is 9. The zero-order chi connectivity index (χ0) is 29.3. The lowest BCUT2D eigenvalue weighted by Crippen LogP contribution is -2.26. The number of nitrogens with one attached hydrogen (secondary N) is 2. The molecule has 41 heavy (non-hydrogen) atoms. The highest BCUT2D eigenvalue weighted by Crippen LogP contribution is 2.29. The van der Waals surface area contributed by atoms with E-state index in [0.717, 1.165) is 33.3 Å². The Kier molecular flexibility index (Phi) is 7.83. The average molecular weight is 553 g/mol. The van der Waals surface area contributed by atoms with Crippen molar-refractivity contribution in [2.45, 2.75) is 66.2 Å². The standard InChI is InChI=1S/C33H36N4O4/c1-19(2)25-10-8-11-26(16-25)21(4)34-32(38)27-13-14-30-29(17-27)20(3)22(5)37(30)18-24-9-7-12-28(15-24)40-23(6)31-35-33(39)41-36-31/h7-17,19,21,23H,18H2,1-6H3,(H,34,38)(H,35,36,39)/t21-,23-/m0/s1. The van der Waals surface area contributed by atoms with Crippen molar-refractivity contribution in [3.8, 4) is 5.75 Å². The third kappa shape index (κ3) is 5.96. The molecule has 0 fully saturated rings. The van der Waals surface area contributed by atoms with Gasteiger partial charge in [-0.05, 0) is 86.2 Å². The van der Waals surface area contributed by atoms with Gasteiger partial charge in [0.15, 0.2) is 11.9 Å². The fourth-order valence-electron chi connectivity index (χ4n) is 5.12. The average Bonchev–Trinajstić information content (AvgIpc) is 3.50. The first-order valence-electron chi connectivity index (χ1n) is 13.9. The lowest BCUT2D eigenvalue weighted by atomic mass is 9.98. The molecule has 0 bridgehead atoms. The summed E-state index contributed by atoms with van der Waals surface area (Å²) in [7, 11) is 0. The van der Waals surface area contributed by atoms with Crippen LogP contribution in [0.25, 0.3) is 10.9 Å². The van der Waals surface area contributed by atoms with Crippen LogP contribution < -0.4 is 15.8 Å². The van der Waals surface area contributed by atoms with Crippen LogP contribution in [0.1, 0.15) is 89.9 Å². The van der Waals surface area contributed by atoms with Crippen LogP contribution in [0.15, 0.2) is 76.0 Å². The quantitative estimate of drug-likeness (QED) is 0.211.